The Morgan fingerprint density at radius 2 is 1.77 bits per heavy atom. The largest absolute Gasteiger partial charge is 0.748 e. The van der Waals surface area contributed by atoms with E-state index in [9.17, 15) is 17.8 Å². The van der Waals surface area contributed by atoms with Crippen LogP contribution in [0.3, 0.4) is 0 Å². The summed E-state index contributed by atoms with van der Waals surface area (Å²) in [5.74, 6) is 0.336. The molecule has 2 aliphatic rings. The van der Waals surface area contributed by atoms with Gasteiger partial charge in [-0.1, -0.05) is 12.1 Å². The maximum atomic E-state index is 11.3. The molecule has 0 saturated heterocycles. The smallest absolute Gasteiger partial charge is 0.203 e. The minimum Gasteiger partial charge on any atom is -0.748 e. The zero-order chi connectivity index (χ0) is 25.3. The normalized spacial score (nSPS) is 11.7. The first-order valence-electron chi connectivity index (χ1n) is 11.3. The minimum atomic E-state index is -4.24. The fourth-order valence-electron chi connectivity index (χ4n) is 4.32. The lowest BCUT2D eigenvalue weighted by molar-refractivity contribution is 0.112. The highest BCUT2D eigenvalue weighted by Gasteiger charge is 2.20. The molecule has 0 saturated carbocycles. The second-order valence-corrected chi connectivity index (χ2v) is 10.5. The van der Waals surface area contributed by atoms with Gasteiger partial charge in [-0.3, -0.25) is 4.79 Å². The summed E-state index contributed by atoms with van der Waals surface area (Å²) in [4.78, 5) is 13.2. The van der Waals surface area contributed by atoms with Crippen LogP contribution >= 0.6 is 0 Å². The van der Waals surface area contributed by atoms with Crippen molar-refractivity contribution in [3.05, 3.63) is 71.1 Å². The predicted octanol–water partition coefficient (Wildman–Crippen LogP) is 3.73. The lowest BCUT2D eigenvalue weighted by Gasteiger charge is -2.22. The van der Waals surface area contributed by atoms with Crippen molar-refractivity contribution in [2.45, 2.75) is 13.3 Å². The number of hydrogen-bond donors (Lipinski definition) is 0. The van der Waals surface area contributed by atoms with E-state index < -0.39 is 15.9 Å². The Balaban J connectivity index is 1.91. The minimum absolute atomic E-state index is 0.245. The molecular weight excluding hydrogens is 464 g/mol. The summed E-state index contributed by atoms with van der Waals surface area (Å²) in [5.41, 5.74) is 6.15. The SMILES string of the molecule is Cc1cc(C=O)ccc1-c1c2ccc(=[N+](C)C)cc-2oc2cc(N(C)CCCS(=O)(=O)[O-])ccc12. The summed E-state index contributed by atoms with van der Waals surface area (Å²) in [6.07, 6.45) is 1.09. The van der Waals surface area contributed by atoms with Gasteiger partial charge >= 0.3 is 0 Å². The van der Waals surface area contributed by atoms with E-state index in [1.807, 2.05) is 80.0 Å². The van der Waals surface area contributed by atoms with Crippen LogP contribution < -0.4 is 14.8 Å². The molecule has 0 spiro atoms. The van der Waals surface area contributed by atoms with Crippen LogP contribution in [0.5, 0.6) is 0 Å². The number of nitrogens with zero attached hydrogens (tertiary/aromatic N) is 2. The molecule has 0 unspecified atom stereocenters. The summed E-state index contributed by atoms with van der Waals surface area (Å²) in [7, 11) is 1.56. The molecule has 0 bridgehead atoms. The Hall–Kier alpha value is -3.49. The summed E-state index contributed by atoms with van der Waals surface area (Å²) in [6.45, 7) is 2.41. The van der Waals surface area contributed by atoms with Gasteiger partial charge in [-0.15, -0.1) is 0 Å². The van der Waals surface area contributed by atoms with Crippen LogP contribution in [-0.2, 0) is 10.1 Å². The number of aryl methyl sites for hydroxylation is 1. The van der Waals surface area contributed by atoms with Crippen LogP contribution in [0.2, 0.25) is 0 Å². The Bertz CT molecular complexity index is 1570. The first-order chi connectivity index (χ1) is 16.6. The molecule has 2 aromatic carbocycles. The third kappa shape index (κ3) is 5.28. The Morgan fingerprint density at radius 1 is 1.03 bits per heavy atom. The lowest BCUT2D eigenvalue weighted by Crippen LogP contribution is -2.21. The van der Waals surface area contributed by atoms with Crippen molar-refractivity contribution in [1.82, 2.24) is 4.58 Å². The van der Waals surface area contributed by atoms with Crippen molar-refractivity contribution in [3.63, 3.8) is 0 Å². The first-order valence-corrected chi connectivity index (χ1v) is 12.9. The Kier molecular flexibility index (Phi) is 6.78. The van der Waals surface area contributed by atoms with Crippen molar-refractivity contribution >= 4 is 33.1 Å². The summed E-state index contributed by atoms with van der Waals surface area (Å²) in [6, 6.07) is 17.7. The molecule has 1 aliphatic carbocycles. The molecule has 2 aromatic rings. The molecule has 182 valence electrons. The molecule has 0 N–H and O–H groups in total. The van der Waals surface area contributed by atoms with Crippen molar-refractivity contribution in [2.75, 3.05) is 38.3 Å². The topological polar surface area (TPSA) is 93.7 Å². The average molecular weight is 493 g/mol. The Morgan fingerprint density at radius 3 is 2.43 bits per heavy atom. The van der Waals surface area contributed by atoms with Gasteiger partial charge < -0.3 is 13.9 Å². The van der Waals surface area contributed by atoms with Gasteiger partial charge in [0.2, 0.25) is 5.36 Å². The van der Waals surface area contributed by atoms with Crippen LogP contribution in [0.4, 0.5) is 5.69 Å². The highest BCUT2D eigenvalue weighted by Crippen LogP contribution is 2.41. The highest BCUT2D eigenvalue weighted by molar-refractivity contribution is 7.85. The summed E-state index contributed by atoms with van der Waals surface area (Å²) in [5, 5.41) is 1.93. The number of benzene rings is 3. The highest BCUT2D eigenvalue weighted by atomic mass is 32.2. The number of hydrogen-bond acceptors (Lipinski definition) is 6. The van der Waals surface area contributed by atoms with Crippen LogP contribution in [0.15, 0.2) is 59.0 Å². The van der Waals surface area contributed by atoms with E-state index in [2.05, 4.69) is 12.1 Å². The number of anilines is 1. The molecule has 7 nitrogen and oxygen atoms in total. The molecule has 35 heavy (non-hydrogen) atoms. The van der Waals surface area contributed by atoms with Gasteiger partial charge in [0, 0.05) is 59.2 Å². The third-order valence-corrected chi connectivity index (χ3v) is 6.98. The van der Waals surface area contributed by atoms with E-state index >= 15 is 0 Å². The second-order valence-electron chi connectivity index (χ2n) is 8.96. The van der Waals surface area contributed by atoms with E-state index in [0.717, 1.165) is 50.7 Å². The quantitative estimate of drug-likeness (QED) is 0.169. The van der Waals surface area contributed by atoms with Crippen LogP contribution in [0.25, 0.3) is 33.4 Å². The molecule has 0 amide bonds. The van der Waals surface area contributed by atoms with Gasteiger partial charge in [0.1, 0.15) is 31.7 Å². The second kappa shape index (κ2) is 9.64. The van der Waals surface area contributed by atoms with E-state index in [1.165, 1.54) is 0 Å². The molecule has 0 atom stereocenters. The van der Waals surface area contributed by atoms with Gasteiger partial charge in [0.25, 0.3) is 0 Å². The fraction of sp³-hybridized carbons (Fsp3) is 0.259. The van der Waals surface area contributed by atoms with Crippen molar-refractivity contribution in [3.8, 4) is 22.5 Å². The van der Waals surface area contributed by atoms with E-state index in [1.54, 1.807) is 0 Å². The van der Waals surface area contributed by atoms with E-state index in [0.29, 0.717) is 17.7 Å². The average Bonchev–Trinajstić information content (AvgIpc) is 2.81. The Labute approximate surface area is 205 Å². The van der Waals surface area contributed by atoms with Gasteiger partial charge in [0.15, 0.2) is 0 Å². The van der Waals surface area contributed by atoms with Crippen LogP contribution in [0.1, 0.15) is 22.3 Å². The van der Waals surface area contributed by atoms with E-state index in [-0.39, 0.29) is 6.42 Å². The van der Waals surface area contributed by atoms with Crippen LogP contribution in [-0.4, -0.2) is 52.7 Å². The summed E-state index contributed by atoms with van der Waals surface area (Å²) < 4.78 is 41.2. The zero-order valence-electron chi connectivity index (χ0n) is 20.2. The standard InChI is InChI=1S/C27H28N2O5S/c1-18-14-19(17-30)6-9-22(18)27-23-10-7-20(28(2)3)15-25(23)34-26-16-21(8-11-24(26)27)29(4)12-5-13-35(31,32)33/h6-11,14-17H,5,12-13H2,1-4H3. The molecule has 0 fully saturated rings. The van der Waals surface area contributed by atoms with E-state index in [4.69, 9.17) is 4.42 Å². The van der Waals surface area contributed by atoms with Crippen LogP contribution in [0, 0.1) is 6.92 Å². The lowest BCUT2D eigenvalue weighted by atomic mass is 9.90. The molecular formula is C27H28N2O5S. The number of carbonyl (C=O) groups excluding carboxylic acids is 1. The molecule has 8 heteroatoms. The molecule has 1 aliphatic heterocycles. The molecule has 1 heterocycles. The summed E-state index contributed by atoms with van der Waals surface area (Å²) >= 11 is 0. The van der Waals surface area contributed by atoms with Gasteiger partial charge in [-0.05, 0) is 48.7 Å². The van der Waals surface area contributed by atoms with Gasteiger partial charge in [-0.25, -0.2) is 13.0 Å². The molecule has 0 radical (unpaired) electrons. The van der Waals surface area contributed by atoms with Crippen molar-refractivity contribution in [1.29, 1.82) is 0 Å². The van der Waals surface area contributed by atoms with Gasteiger partial charge in [0.05, 0.1) is 16.2 Å². The predicted molar refractivity (Wildman–Crippen MR) is 138 cm³/mol. The van der Waals surface area contributed by atoms with Crippen molar-refractivity contribution in [2.24, 2.45) is 0 Å². The maximum Gasteiger partial charge on any atom is 0.203 e. The number of fused-ring (bicyclic) bond motifs is 2. The molecule has 4 rings (SSSR count). The van der Waals surface area contributed by atoms with Gasteiger partial charge in [-0.2, -0.15) is 0 Å². The third-order valence-electron chi connectivity index (χ3n) is 6.19. The number of rotatable bonds is 7. The number of carbonyl (C=O) groups is 1. The molecule has 0 aromatic heterocycles. The fourth-order valence-corrected chi connectivity index (χ4v) is 4.80. The van der Waals surface area contributed by atoms with Crippen molar-refractivity contribution < 1.29 is 22.2 Å². The maximum absolute atomic E-state index is 11.3. The monoisotopic (exact) mass is 492 g/mol. The first kappa shape index (κ1) is 24.6. The zero-order valence-corrected chi connectivity index (χ0v) is 21.1. The number of aldehydes is 1.